The maximum absolute atomic E-state index is 12.7. The average molecular weight is 325 g/mol. The van der Waals surface area contributed by atoms with Gasteiger partial charge in [-0.2, -0.15) is 0 Å². The van der Waals surface area contributed by atoms with Gasteiger partial charge in [0.15, 0.2) is 6.10 Å². The van der Waals surface area contributed by atoms with Crippen LogP contribution < -0.4 is 21.1 Å². The van der Waals surface area contributed by atoms with Crippen molar-refractivity contribution in [1.29, 1.82) is 0 Å². The molecular formula is C18H19N3O3. The van der Waals surface area contributed by atoms with Gasteiger partial charge in [0.2, 0.25) is 5.91 Å². The van der Waals surface area contributed by atoms with Crippen molar-refractivity contribution in [2.45, 2.75) is 25.1 Å². The fraction of sp³-hybridized carbons (Fsp3) is 0.222. The number of ether oxygens (including phenoxy) is 1. The van der Waals surface area contributed by atoms with E-state index < -0.39 is 24.1 Å². The van der Waals surface area contributed by atoms with Gasteiger partial charge < -0.3 is 21.1 Å². The third-order valence-corrected chi connectivity index (χ3v) is 3.82. The molecule has 0 aliphatic carbocycles. The molecule has 1 aliphatic rings. The summed E-state index contributed by atoms with van der Waals surface area (Å²) < 4.78 is 6.07. The first-order valence-electron chi connectivity index (χ1n) is 7.73. The maximum atomic E-state index is 12.7. The number of rotatable bonds is 3. The zero-order valence-corrected chi connectivity index (χ0v) is 13.2. The Morgan fingerprint density at radius 2 is 1.83 bits per heavy atom. The summed E-state index contributed by atoms with van der Waals surface area (Å²) in [7, 11) is 0. The standard InChI is InChI=1S/C18H19N3O3/c1-11(19)17(22)21-15-16(12-7-3-2-4-8-12)24-14-10-6-5-9-13(14)20-18(15)23/h2-11,15-16H,19H2,1H3,(H,20,23)(H,21,22)/t11-,15-,16+/m0/s1. The zero-order chi connectivity index (χ0) is 17.1. The number of carbonyl (C=O) groups is 2. The van der Waals surface area contributed by atoms with E-state index in [2.05, 4.69) is 10.6 Å². The highest BCUT2D eigenvalue weighted by molar-refractivity contribution is 6.00. The van der Waals surface area contributed by atoms with E-state index in [0.717, 1.165) is 5.56 Å². The van der Waals surface area contributed by atoms with Crippen molar-refractivity contribution in [2.24, 2.45) is 5.73 Å². The van der Waals surface area contributed by atoms with Crippen LogP contribution in [0.5, 0.6) is 5.75 Å². The summed E-state index contributed by atoms with van der Waals surface area (Å²) in [5.41, 5.74) is 6.98. The molecule has 0 unspecified atom stereocenters. The molecule has 1 heterocycles. The third kappa shape index (κ3) is 3.23. The van der Waals surface area contributed by atoms with Gasteiger partial charge in [-0.05, 0) is 24.6 Å². The number of para-hydroxylation sites is 2. The summed E-state index contributed by atoms with van der Waals surface area (Å²) in [5.74, 6) is -0.203. The molecule has 24 heavy (non-hydrogen) atoms. The number of hydrogen-bond donors (Lipinski definition) is 3. The van der Waals surface area contributed by atoms with Crippen molar-refractivity contribution in [3.8, 4) is 5.75 Å². The van der Waals surface area contributed by atoms with Crippen LogP contribution in [0.1, 0.15) is 18.6 Å². The minimum absolute atomic E-state index is 0.345. The van der Waals surface area contributed by atoms with Crippen molar-refractivity contribution in [3.05, 3.63) is 60.2 Å². The molecule has 1 aliphatic heterocycles. The zero-order valence-electron chi connectivity index (χ0n) is 13.2. The second-order valence-electron chi connectivity index (χ2n) is 5.71. The van der Waals surface area contributed by atoms with Gasteiger partial charge in [0.1, 0.15) is 11.8 Å². The van der Waals surface area contributed by atoms with Gasteiger partial charge >= 0.3 is 0 Å². The summed E-state index contributed by atoms with van der Waals surface area (Å²) in [6, 6.07) is 14.9. The predicted molar refractivity (Wildman–Crippen MR) is 90.5 cm³/mol. The molecule has 0 bridgehead atoms. The van der Waals surface area contributed by atoms with Crippen molar-refractivity contribution >= 4 is 17.5 Å². The van der Waals surface area contributed by atoms with Gasteiger partial charge in [0.05, 0.1) is 11.7 Å². The van der Waals surface area contributed by atoms with Crippen LogP contribution in [0.3, 0.4) is 0 Å². The first kappa shape index (κ1) is 16.0. The van der Waals surface area contributed by atoms with Gasteiger partial charge in [-0.3, -0.25) is 9.59 Å². The van der Waals surface area contributed by atoms with E-state index in [-0.39, 0.29) is 5.91 Å². The lowest BCUT2D eigenvalue weighted by atomic mass is 10.0. The number of amides is 2. The number of nitrogens with two attached hydrogens (primary N) is 1. The van der Waals surface area contributed by atoms with Crippen molar-refractivity contribution in [2.75, 3.05) is 5.32 Å². The van der Waals surface area contributed by atoms with Crippen molar-refractivity contribution in [3.63, 3.8) is 0 Å². The minimum Gasteiger partial charge on any atom is -0.481 e. The Labute approximate surface area is 140 Å². The van der Waals surface area contributed by atoms with Crippen LogP contribution in [0.2, 0.25) is 0 Å². The van der Waals surface area contributed by atoms with E-state index in [4.69, 9.17) is 10.5 Å². The molecule has 3 rings (SSSR count). The van der Waals surface area contributed by atoms with Crippen LogP contribution in [0.15, 0.2) is 54.6 Å². The van der Waals surface area contributed by atoms with E-state index in [9.17, 15) is 9.59 Å². The average Bonchev–Trinajstić information content (AvgIpc) is 2.72. The molecule has 2 aromatic carbocycles. The monoisotopic (exact) mass is 325 g/mol. The quantitative estimate of drug-likeness (QED) is 0.799. The number of hydrogen-bond acceptors (Lipinski definition) is 4. The van der Waals surface area contributed by atoms with Crippen LogP contribution in [-0.4, -0.2) is 23.9 Å². The number of anilines is 1. The smallest absolute Gasteiger partial charge is 0.251 e. The molecule has 3 atom stereocenters. The third-order valence-electron chi connectivity index (χ3n) is 3.82. The molecule has 0 saturated carbocycles. The molecule has 6 nitrogen and oxygen atoms in total. The van der Waals surface area contributed by atoms with E-state index >= 15 is 0 Å². The van der Waals surface area contributed by atoms with Gasteiger partial charge in [0.25, 0.3) is 5.91 Å². The highest BCUT2D eigenvalue weighted by Crippen LogP contribution is 2.34. The SMILES string of the molecule is C[C@H](N)C(=O)N[C@@H]1C(=O)Nc2ccccc2O[C@@H]1c1ccccc1. The molecule has 0 fully saturated rings. The van der Waals surface area contributed by atoms with Gasteiger partial charge in [-0.15, -0.1) is 0 Å². The summed E-state index contributed by atoms with van der Waals surface area (Å²) in [5, 5.41) is 5.49. The molecule has 0 radical (unpaired) electrons. The molecular weight excluding hydrogens is 306 g/mol. The number of carbonyl (C=O) groups excluding carboxylic acids is 2. The Bertz CT molecular complexity index is 746. The maximum Gasteiger partial charge on any atom is 0.251 e. The number of nitrogens with one attached hydrogen (secondary N) is 2. The molecule has 2 amide bonds. The van der Waals surface area contributed by atoms with Gasteiger partial charge in [0, 0.05) is 0 Å². The Morgan fingerprint density at radius 3 is 2.54 bits per heavy atom. The summed E-state index contributed by atoms with van der Waals surface area (Å²) in [4.78, 5) is 24.7. The molecule has 0 aromatic heterocycles. The van der Waals surface area contributed by atoms with Crippen LogP contribution in [0.25, 0.3) is 0 Å². The molecule has 0 spiro atoms. The molecule has 4 N–H and O–H groups in total. The van der Waals surface area contributed by atoms with Crippen molar-refractivity contribution < 1.29 is 14.3 Å². The fourth-order valence-corrected chi connectivity index (χ4v) is 2.55. The highest BCUT2D eigenvalue weighted by Gasteiger charge is 2.36. The molecule has 124 valence electrons. The molecule has 0 saturated heterocycles. The van der Waals surface area contributed by atoms with E-state index in [0.29, 0.717) is 11.4 Å². The molecule has 2 aromatic rings. The largest absolute Gasteiger partial charge is 0.481 e. The Kier molecular flexibility index (Phi) is 4.48. The Hall–Kier alpha value is -2.86. The van der Waals surface area contributed by atoms with Crippen LogP contribution in [0, 0.1) is 0 Å². The normalized spacial score (nSPS) is 20.8. The summed E-state index contributed by atoms with van der Waals surface area (Å²) in [6.07, 6.45) is -0.655. The second kappa shape index (κ2) is 6.72. The van der Waals surface area contributed by atoms with E-state index in [1.807, 2.05) is 36.4 Å². The topological polar surface area (TPSA) is 93.5 Å². The summed E-state index contributed by atoms with van der Waals surface area (Å²) in [6.45, 7) is 1.57. The summed E-state index contributed by atoms with van der Waals surface area (Å²) >= 11 is 0. The lowest BCUT2D eigenvalue weighted by Crippen LogP contribution is -2.52. The fourth-order valence-electron chi connectivity index (χ4n) is 2.55. The first-order valence-corrected chi connectivity index (χ1v) is 7.73. The van der Waals surface area contributed by atoms with E-state index in [1.54, 1.807) is 25.1 Å². The van der Waals surface area contributed by atoms with Crippen molar-refractivity contribution in [1.82, 2.24) is 5.32 Å². The second-order valence-corrected chi connectivity index (χ2v) is 5.71. The minimum atomic E-state index is -0.890. The van der Waals surface area contributed by atoms with Crippen LogP contribution in [0.4, 0.5) is 5.69 Å². The Balaban J connectivity index is 2.01. The van der Waals surface area contributed by atoms with Crippen LogP contribution >= 0.6 is 0 Å². The highest BCUT2D eigenvalue weighted by atomic mass is 16.5. The van der Waals surface area contributed by atoms with E-state index in [1.165, 1.54) is 0 Å². The lowest BCUT2D eigenvalue weighted by Gasteiger charge is -2.26. The molecule has 6 heteroatoms. The van der Waals surface area contributed by atoms with Gasteiger partial charge in [-0.1, -0.05) is 42.5 Å². The number of benzene rings is 2. The number of fused-ring (bicyclic) bond motifs is 1. The first-order chi connectivity index (χ1) is 11.6. The predicted octanol–water partition coefficient (Wildman–Crippen LogP) is 1.59. The van der Waals surface area contributed by atoms with Gasteiger partial charge in [-0.25, -0.2) is 0 Å². The lowest BCUT2D eigenvalue weighted by molar-refractivity contribution is -0.128. The van der Waals surface area contributed by atoms with Crippen LogP contribution in [-0.2, 0) is 9.59 Å². The Morgan fingerprint density at radius 1 is 1.17 bits per heavy atom.